The highest BCUT2D eigenvalue weighted by atomic mass is 16.4. The second-order valence-electron chi connectivity index (χ2n) is 5.72. The molecule has 0 aliphatic carbocycles. The Labute approximate surface area is 135 Å². The molecule has 0 radical (unpaired) electrons. The Kier molecular flexibility index (Phi) is 3.74. The fourth-order valence-corrected chi connectivity index (χ4v) is 2.55. The summed E-state index contributed by atoms with van der Waals surface area (Å²) in [6.45, 7) is 5.99. The number of carboxylic acids is 1. The molecule has 0 atom stereocenters. The van der Waals surface area contributed by atoms with Gasteiger partial charge in [0.05, 0.1) is 11.4 Å². The van der Waals surface area contributed by atoms with Gasteiger partial charge in [-0.2, -0.15) is 5.10 Å². The summed E-state index contributed by atoms with van der Waals surface area (Å²) in [4.78, 5) is 11.6. The highest BCUT2D eigenvalue weighted by Gasteiger charge is 2.18. The Morgan fingerprint density at radius 1 is 1.04 bits per heavy atom. The number of nitrogens with zero attached hydrogens (tertiary/aromatic N) is 2. The first-order chi connectivity index (χ1) is 11.0. The third-order valence-corrected chi connectivity index (χ3v) is 4.08. The molecule has 4 nitrogen and oxygen atoms in total. The topological polar surface area (TPSA) is 55.1 Å². The molecule has 4 heteroatoms. The molecule has 3 aromatic rings. The molecule has 0 amide bonds. The van der Waals surface area contributed by atoms with E-state index >= 15 is 0 Å². The molecule has 1 N–H and O–H groups in total. The Bertz CT molecular complexity index is 877. The van der Waals surface area contributed by atoms with Crippen molar-refractivity contribution in [3.8, 4) is 16.9 Å². The Morgan fingerprint density at radius 3 is 2.39 bits per heavy atom. The molecule has 2 aromatic carbocycles. The summed E-state index contributed by atoms with van der Waals surface area (Å²) in [6, 6.07) is 15.3. The standard InChI is InChI=1S/C19H18N2O2/c1-12-7-9-15(10-8-12)16-11-18(19(22)23)21(20-16)17-6-4-5-13(2)14(17)3/h4-11H,1-3H3,(H,22,23). The van der Waals surface area contributed by atoms with E-state index in [-0.39, 0.29) is 5.69 Å². The van der Waals surface area contributed by atoms with Crippen molar-refractivity contribution < 1.29 is 9.90 Å². The average molecular weight is 306 g/mol. The van der Waals surface area contributed by atoms with Crippen molar-refractivity contribution in [3.63, 3.8) is 0 Å². The minimum Gasteiger partial charge on any atom is -0.477 e. The summed E-state index contributed by atoms with van der Waals surface area (Å²) in [5.41, 5.74) is 5.79. The number of carbonyl (C=O) groups is 1. The third-order valence-electron chi connectivity index (χ3n) is 4.08. The molecular weight excluding hydrogens is 288 g/mol. The van der Waals surface area contributed by atoms with E-state index in [4.69, 9.17) is 0 Å². The molecule has 0 saturated carbocycles. The lowest BCUT2D eigenvalue weighted by atomic mass is 10.1. The van der Waals surface area contributed by atoms with Crippen LogP contribution < -0.4 is 0 Å². The zero-order valence-electron chi connectivity index (χ0n) is 13.4. The molecule has 0 bridgehead atoms. The maximum atomic E-state index is 11.6. The van der Waals surface area contributed by atoms with Gasteiger partial charge in [0.25, 0.3) is 0 Å². The van der Waals surface area contributed by atoms with Gasteiger partial charge in [0.1, 0.15) is 0 Å². The zero-order valence-corrected chi connectivity index (χ0v) is 13.4. The van der Waals surface area contributed by atoms with Crippen LogP contribution in [0, 0.1) is 20.8 Å². The van der Waals surface area contributed by atoms with Crippen LogP contribution in [0.2, 0.25) is 0 Å². The molecule has 3 rings (SSSR count). The smallest absolute Gasteiger partial charge is 0.354 e. The Balaban J connectivity index is 2.19. The van der Waals surface area contributed by atoms with Crippen LogP contribution in [-0.4, -0.2) is 20.9 Å². The van der Waals surface area contributed by atoms with Gasteiger partial charge in [-0.25, -0.2) is 9.48 Å². The van der Waals surface area contributed by atoms with E-state index in [0.717, 1.165) is 27.9 Å². The highest BCUT2D eigenvalue weighted by molar-refractivity contribution is 5.88. The van der Waals surface area contributed by atoms with E-state index in [1.165, 1.54) is 4.68 Å². The maximum absolute atomic E-state index is 11.6. The van der Waals surface area contributed by atoms with Crippen LogP contribution in [0.4, 0.5) is 0 Å². The van der Waals surface area contributed by atoms with E-state index in [2.05, 4.69) is 5.10 Å². The number of carboxylic acid groups (broad SMARTS) is 1. The van der Waals surface area contributed by atoms with E-state index in [0.29, 0.717) is 5.69 Å². The van der Waals surface area contributed by atoms with Crippen LogP contribution in [0.5, 0.6) is 0 Å². The van der Waals surface area contributed by atoms with Gasteiger partial charge in [-0.15, -0.1) is 0 Å². The SMILES string of the molecule is Cc1ccc(-c2cc(C(=O)O)n(-c3cccc(C)c3C)n2)cc1. The van der Waals surface area contributed by atoms with Crippen molar-refractivity contribution in [3.05, 3.63) is 70.9 Å². The summed E-state index contributed by atoms with van der Waals surface area (Å²) in [5, 5.41) is 14.1. The lowest BCUT2D eigenvalue weighted by Gasteiger charge is -2.10. The fourth-order valence-electron chi connectivity index (χ4n) is 2.55. The number of aromatic nitrogens is 2. The second kappa shape index (κ2) is 5.72. The van der Waals surface area contributed by atoms with Crippen LogP contribution in [-0.2, 0) is 0 Å². The van der Waals surface area contributed by atoms with Crippen molar-refractivity contribution in [2.75, 3.05) is 0 Å². The van der Waals surface area contributed by atoms with Crippen molar-refractivity contribution >= 4 is 5.97 Å². The van der Waals surface area contributed by atoms with Gasteiger partial charge in [0.2, 0.25) is 0 Å². The van der Waals surface area contributed by atoms with Gasteiger partial charge in [0, 0.05) is 5.56 Å². The van der Waals surface area contributed by atoms with Crippen molar-refractivity contribution in [1.29, 1.82) is 0 Å². The van der Waals surface area contributed by atoms with E-state index in [1.54, 1.807) is 6.07 Å². The van der Waals surface area contributed by atoms with Crippen LogP contribution in [0.15, 0.2) is 48.5 Å². The predicted molar refractivity (Wildman–Crippen MR) is 90.2 cm³/mol. The molecular formula is C19H18N2O2. The van der Waals surface area contributed by atoms with Crippen molar-refractivity contribution in [1.82, 2.24) is 9.78 Å². The first-order valence-corrected chi connectivity index (χ1v) is 7.44. The van der Waals surface area contributed by atoms with Gasteiger partial charge < -0.3 is 5.11 Å². The molecule has 0 fully saturated rings. The third kappa shape index (κ3) is 2.75. The first kappa shape index (κ1) is 15.0. The van der Waals surface area contributed by atoms with Gasteiger partial charge in [-0.3, -0.25) is 0 Å². The second-order valence-corrected chi connectivity index (χ2v) is 5.72. The number of hydrogen-bond acceptors (Lipinski definition) is 2. The summed E-state index contributed by atoms with van der Waals surface area (Å²) < 4.78 is 1.51. The van der Waals surface area contributed by atoms with Gasteiger partial charge >= 0.3 is 5.97 Å². The summed E-state index contributed by atoms with van der Waals surface area (Å²) in [6.07, 6.45) is 0. The molecule has 0 aliphatic heterocycles. The van der Waals surface area contributed by atoms with Crippen LogP contribution in [0.1, 0.15) is 27.2 Å². The van der Waals surface area contributed by atoms with E-state index in [9.17, 15) is 9.90 Å². The first-order valence-electron chi connectivity index (χ1n) is 7.44. The quantitative estimate of drug-likeness (QED) is 0.790. The summed E-state index contributed by atoms with van der Waals surface area (Å²) in [5.74, 6) is -0.989. The Morgan fingerprint density at radius 2 is 1.74 bits per heavy atom. The van der Waals surface area contributed by atoms with E-state index < -0.39 is 5.97 Å². The molecule has 1 aromatic heterocycles. The normalized spacial score (nSPS) is 10.7. The number of aromatic carboxylic acids is 1. The molecule has 0 saturated heterocycles. The van der Waals surface area contributed by atoms with Gasteiger partial charge in [-0.1, -0.05) is 42.0 Å². The predicted octanol–water partition coefficient (Wildman–Crippen LogP) is 4.16. The molecule has 0 spiro atoms. The number of aryl methyl sites for hydroxylation is 2. The van der Waals surface area contributed by atoms with Crippen molar-refractivity contribution in [2.24, 2.45) is 0 Å². The minimum absolute atomic E-state index is 0.161. The number of benzene rings is 2. The van der Waals surface area contributed by atoms with Crippen LogP contribution in [0.3, 0.4) is 0 Å². The fraction of sp³-hybridized carbons (Fsp3) is 0.158. The lowest BCUT2D eigenvalue weighted by Crippen LogP contribution is -2.09. The molecule has 0 unspecified atom stereocenters. The molecule has 0 aliphatic rings. The minimum atomic E-state index is -0.989. The molecule has 116 valence electrons. The largest absolute Gasteiger partial charge is 0.477 e. The van der Waals surface area contributed by atoms with Crippen LogP contribution >= 0.6 is 0 Å². The maximum Gasteiger partial charge on any atom is 0.354 e. The summed E-state index contributed by atoms with van der Waals surface area (Å²) in [7, 11) is 0. The molecule has 23 heavy (non-hydrogen) atoms. The molecule has 1 heterocycles. The van der Waals surface area contributed by atoms with Crippen molar-refractivity contribution in [2.45, 2.75) is 20.8 Å². The zero-order chi connectivity index (χ0) is 16.6. The monoisotopic (exact) mass is 306 g/mol. The lowest BCUT2D eigenvalue weighted by molar-refractivity contribution is 0.0687. The van der Waals surface area contributed by atoms with Gasteiger partial charge in [0.15, 0.2) is 5.69 Å². The van der Waals surface area contributed by atoms with Crippen LogP contribution in [0.25, 0.3) is 16.9 Å². The Hall–Kier alpha value is -2.88. The highest BCUT2D eigenvalue weighted by Crippen LogP contribution is 2.24. The van der Waals surface area contributed by atoms with E-state index in [1.807, 2.05) is 63.2 Å². The number of rotatable bonds is 3. The average Bonchev–Trinajstić information content (AvgIpc) is 2.96. The summed E-state index contributed by atoms with van der Waals surface area (Å²) >= 11 is 0. The van der Waals surface area contributed by atoms with Gasteiger partial charge in [-0.05, 0) is 44.0 Å². The number of hydrogen-bond donors (Lipinski definition) is 1.